The van der Waals surface area contributed by atoms with Crippen LogP contribution < -0.4 is 0 Å². The van der Waals surface area contributed by atoms with Gasteiger partial charge in [0.15, 0.2) is 0 Å². The summed E-state index contributed by atoms with van der Waals surface area (Å²) in [7, 11) is 0. The highest BCUT2D eigenvalue weighted by Crippen LogP contribution is 2.52. The number of hydrogen-bond acceptors (Lipinski definition) is 2. The third-order valence-electron chi connectivity index (χ3n) is 3.66. The van der Waals surface area contributed by atoms with Gasteiger partial charge >= 0.3 is 0 Å². The van der Waals surface area contributed by atoms with E-state index in [1.165, 1.54) is 0 Å². The molecule has 1 aliphatic carbocycles. The highest BCUT2D eigenvalue weighted by Gasteiger charge is 2.49. The summed E-state index contributed by atoms with van der Waals surface area (Å²) in [5, 5.41) is 10.8. The minimum absolute atomic E-state index is 0.184. The fourth-order valence-electron chi connectivity index (χ4n) is 3.98. The SMILES string of the molecule is CC1(C)CC(C)(C)CC(O)(C2=CCCO2)C1. The second-order valence-corrected chi connectivity index (χ2v) is 7.10. The second-order valence-electron chi connectivity index (χ2n) is 7.10. The van der Waals surface area contributed by atoms with Gasteiger partial charge in [-0.1, -0.05) is 27.7 Å². The van der Waals surface area contributed by atoms with Crippen molar-refractivity contribution in [2.45, 2.75) is 59.0 Å². The molecule has 0 aromatic rings. The normalized spacial score (nSPS) is 30.7. The largest absolute Gasteiger partial charge is 0.495 e. The van der Waals surface area contributed by atoms with Crippen molar-refractivity contribution in [2.24, 2.45) is 10.8 Å². The number of hydrogen-bond donors (Lipinski definition) is 1. The van der Waals surface area contributed by atoms with Crippen molar-refractivity contribution in [3.63, 3.8) is 0 Å². The Kier molecular flexibility index (Phi) is 2.61. The minimum atomic E-state index is -0.734. The summed E-state index contributed by atoms with van der Waals surface area (Å²) in [4.78, 5) is 0. The molecule has 0 radical (unpaired) electrons. The lowest BCUT2D eigenvalue weighted by Crippen LogP contribution is -2.47. The molecule has 2 heteroatoms. The highest BCUT2D eigenvalue weighted by atomic mass is 16.5. The van der Waals surface area contributed by atoms with E-state index in [0.717, 1.165) is 38.0 Å². The fourth-order valence-corrected chi connectivity index (χ4v) is 3.98. The summed E-state index contributed by atoms with van der Waals surface area (Å²) in [5.74, 6) is 0.827. The average Bonchev–Trinajstić information content (AvgIpc) is 2.46. The van der Waals surface area contributed by atoms with Crippen molar-refractivity contribution in [1.82, 2.24) is 0 Å². The molecule has 0 amide bonds. The fraction of sp³-hybridized carbons (Fsp3) is 0.857. The van der Waals surface area contributed by atoms with Gasteiger partial charge in [0.1, 0.15) is 11.4 Å². The van der Waals surface area contributed by atoms with E-state index >= 15 is 0 Å². The Balaban J connectivity index is 2.26. The Morgan fingerprint density at radius 2 is 1.62 bits per heavy atom. The predicted octanol–water partition coefficient (Wildman–Crippen LogP) is 3.26. The summed E-state index contributed by atoms with van der Waals surface area (Å²) in [6.45, 7) is 9.71. The zero-order chi connectivity index (χ0) is 12.0. The molecule has 1 N–H and O–H groups in total. The van der Waals surface area contributed by atoms with E-state index in [9.17, 15) is 5.11 Å². The molecule has 0 aromatic carbocycles. The monoisotopic (exact) mass is 224 g/mol. The number of rotatable bonds is 1. The molecular formula is C14H24O2. The molecule has 2 rings (SSSR count). The molecule has 0 aromatic heterocycles. The zero-order valence-electron chi connectivity index (χ0n) is 11.0. The molecule has 92 valence electrons. The first-order chi connectivity index (χ1) is 7.23. The second kappa shape index (κ2) is 3.49. The Bertz CT molecular complexity index is 297. The van der Waals surface area contributed by atoms with Gasteiger partial charge in [0.25, 0.3) is 0 Å². The number of ether oxygens (including phenoxy) is 1. The Labute approximate surface area is 98.7 Å². The third kappa shape index (κ3) is 2.27. The summed E-state index contributed by atoms with van der Waals surface area (Å²) in [6.07, 6.45) is 5.80. The summed E-state index contributed by atoms with van der Waals surface area (Å²) >= 11 is 0. The van der Waals surface area contributed by atoms with Crippen molar-refractivity contribution in [2.75, 3.05) is 6.61 Å². The molecule has 0 spiro atoms. The van der Waals surface area contributed by atoms with Gasteiger partial charge in [0.05, 0.1) is 6.61 Å². The smallest absolute Gasteiger partial charge is 0.124 e. The molecule has 0 atom stereocenters. The van der Waals surface area contributed by atoms with E-state index in [-0.39, 0.29) is 10.8 Å². The maximum atomic E-state index is 10.8. The summed E-state index contributed by atoms with van der Waals surface area (Å²) < 4.78 is 5.59. The highest BCUT2D eigenvalue weighted by molar-refractivity contribution is 5.17. The zero-order valence-corrected chi connectivity index (χ0v) is 11.0. The van der Waals surface area contributed by atoms with Crippen molar-refractivity contribution in [1.29, 1.82) is 0 Å². The van der Waals surface area contributed by atoms with Gasteiger partial charge in [-0.3, -0.25) is 0 Å². The maximum absolute atomic E-state index is 10.8. The van der Waals surface area contributed by atoms with E-state index in [2.05, 4.69) is 33.8 Å². The molecule has 0 saturated heterocycles. The molecule has 0 unspecified atom stereocenters. The van der Waals surface area contributed by atoms with Crippen LogP contribution in [0.1, 0.15) is 53.4 Å². The van der Waals surface area contributed by atoms with Crippen LogP contribution in [0.2, 0.25) is 0 Å². The molecule has 1 aliphatic heterocycles. The van der Waals surface area contributed by atoms with Crippen LogP contribution in [0.15, 0.2) is 11.8 Å². The lowest BCUT2D eigenvalue weighted by atomic mass is 9.59. The first kappa shape index (κ1) is 12.0. The van der Waals surface area contributed by atoms with Crippen molar-refractivity contribution >= 4 is 0 Å². The molecule has 2 aliphatic rings. The van der Waals surface area contributed by atoms with Gasteiger partial charge in [-0.15, -0.1) is 0 Å². The predicted molar refractivity (Wildman–Crippen MR) is 65.0 cm³/mol. The van der Waals surface area contributed by atoms with Gasteiger partial charge in [-0.05, 0) is 36.2 Å². The van der Waals surface area contributed by atoms with Crippen molar-refractivity contribution in [3.8, 4) is 0 Å². The molecule has 0 bridgehead atoms. The standard InChI is InChI=1S/C14H24O2/c1-12(2)8-13(3,4)10-14(15,9-12)11-6-5-7-16-11/h6,15H,5,7-10H2,1-4H3. The van der Waals surface area contributed by atoms with Crippen LogP contribution in [0.25, 0.3) is 0 Å². The van der Waals surface area contributed by atoms with Crippen molar-refractivity contribution in [3.05, 3.63) is 11.8 Å². The first-order valence-corrected chi connectivity index (χ1v) is 6.28. The van der Waals surface area contributed by atoms with Gasteiger partial charge in [-0.25, -0.2) is 0 Å². The van der Waals surface area contributed by atoms with Crippen LogP contribution in [0.5, 0.6) is 0 Å². The van der Waals surface area contributed by atoms with Crippen LogP contribution in [0.4, 0.5) is 0 Å². The Morgan fingerprint density at radius 1 is 1.06 bits per heavy atom. The van der Waals surface area contributed by atoms with Crippen molar-refractivity contribution < 1.29 is 9.84 Å². The summed E-state index contributed by atoms with van der Waals surface area (Å²) in [5.41, 5.74) is -0.367. The van der Waals surface area contributed by atoms with Crippen LogP contribution in [0, 0.1) is 10.8 Å². The molecule has 16 heavy (non-hydrogen) atoms. The Morgan fingerprint density at radius 3 is 2.06 bits per heavy atom. The molecular weight excluding hydrogens is 200 g/mol. The topological polar surface area (TPSA) is 29.5 Å². The van der Waals surface area contributed by atoms with Gasteiger partial charge in [0, 0.05) is 6.42 Å². The van der Waals surface area contributed by atoms with E-state index in [1.807, 2.05) is 0 Å². The number of aliphatic hydroxyl groups is 1. The minimum Gasteiger partial charge on any atom is -0.495 e. The third-order valence-corrected chi connectivity index (χ3v) is 3.66. The summed E-state index contributed by atoms with van der Waals surface area (Å²) in [6, 6.07) is 0. The maximum Gasteiger partial charge on any atom is 0.124 e. The molecule has 2 nitrogen and oxygen atoms in total. The van der Waals surface area contributed by atoms with Gasteiger partial charge < -0.3 is 9.84 Å². The van der Waals surface area contributed by atoms with Crippen LogP contribution >= 0.6 is 0 Å². The molecule has 1 heterocycles. The van der Waals surface area contributed by atoms with Gasteiger partial charge in [0.2, 0.25) is 0 Å². The van der Waals surface area contributed by atoms with Crippen LogP contribution in [-0.4, -0.2) is 17.3 Å². The van der Waals surface area contributed by atoms with Gasteiger partial charge in [-0.2, -0.15) is 0 Å². The molecule has 1 fully saturated rings. The first-order valence-electron chi connectivity index (χ1n) is 6.28. The van der Waals surface area contributed by atoms with E-state index in [1.54, 1.807) is 0 Å². The lowest BCUT2D eigenvalue weighted by Gasteiger charge is -2.49. The Hall–Kier alpha value is -0.500. The average molecular weight is 224 g/mol. The van der Waals surface area contributed by atoms with E-state index in [0.29, 0.717) is 0 Å². The quantitative estimate of drug-likeness (QED) is 0.741. The van der Waals surface area contributed by atoms with Crippen LogP contribution in [0.3, 0.4) is 0 Å². The molecule has 1 saturated carbocycles. The van der Waals surface area contributed by atoms with E-state index in [4.69, 9.17) is 4.74 Å². The lowest BCUT2D eigenvalue weighted by molar-refractivity contribution is -0.0874. The van der Waals surface area contributed by atoms with E-state index < -0.39 is 5.60 Å². The van der Waals surface area contributed by atoms with Crippen LogP contribution in [-0.2, 0) is 4.74 Å².